The molecule has 100 valence electrons. The molecule has 0 aliphatic heterocycles. The van der Waals surface area contributed by atoms with Crippen molar-refractivity contribution in [3.63, 3.8) is 0 Å². The molecule has 2 aromatic rings. The fraction of sp³-hybridized carbons (Fsp3) is 0.214. The van der Waals surface area contributed by atoms with E-state index in [9.17, 15) is 4.79 Å². The number of primary amides is 1. The van der Waals surface area contributed by atoms with Crippen LogP contribution in [0.1, 0.15) is 27.4 Å². The zero-order chi connectivity index (χ0) is 13.8. The van der Waals surface area contributed by atoms with Gasteiger partial charge in [0.15, 0.2) is 0 Å². The van der Waals surface area contributed by atoms with E-state index in [2.05, 4.69) is 5.32 Å². The van der Waals surface area contributed by atoms with Crippen LogP contribution in [-0.2, 0) is 13.2 Å². The Labute approximate surface area is 111 Å². The van der Waals surface area contributed by atoms with Crippen LogP contribution in [0.15, 0.2) is 34.7 Å². The third kappa shape index (κ3) is 2.95. The van der Waals surface area contributed by atoms with Crippen molar-refractivity contribution in [2.75, 3.05) is 5.32 Å². The van der Waals surface area contributed by atoms with E-state index in [4.69, 9.17) is 15.3 Å². The van der Waals surface area contributed by atoms with Crippen molar-refractivity contribution in [3.05, 3.63) is 53.0 Å². The van der Waals surface area contributed by atoms with Gasteiger partial charge < -0.3 is 20.6 Å². The number of aliphatic hydroxyl groups is 1. The zero-order valence-electron chi connectivity index (χ0n) is 10.6. The van der Waals surface area contributed by atoms with E-state index in [1.54, 1.807) is 24.3 Å². The molecule has 2 rings (SSSR count). The minimum absolute atomic E-state index is 0.115. The number of aliphatic hydroxyl groups excluding tert-OH is 1. The highest BCUT2D eigenvalue weighted by Gasteiger charge is 2.08. The Balaban J connectivity index is 2.11. The molecule has 1 aromatic heterocycles. The molecule has 5 nitrogen and oxygen atoms in total. The molecule has 0 aliphatic rings. The molecule has 19 heavy (non-hydrogen) atoms. The van der Waals surface area contributed by atoms with Crippen LogP contribution in [0.4, 0.5) is 5.69 Å². The van der Waals surface area contributed by atoms with Gasteiger partial charge in [0.2, 0.25) is 5.91 Å². The molecule has 0 saturated heterocycles. The van der Waals surface area contributed by atoms with Crippen LogP contribution in [0, 0.1) is 6.92 Å². The first-order valence-corrected chi connectivity index (χ1v) is 5.93. The predicted molar refractivity (Wildman–Crippen MR) is 71.7 cm³/mol. The number of carbonyl (C=O) groups is 1. The number of furan rings is 1. The molecule has 0 aliphatic carbocycles. The van der Waals surface area contributed by atoms with Crippen LogP contribution < -0.4 is 11.1 Å². The first-order valence-electron chi connectivity index (χ1n) is 5.93. The zero-order valence-corrected chi connectivity index (χ0v) is 10.6. The minimum atomic E-state index is -0.443. The van der Waals surface area contributed by atoms with E-state index in [-0.39, 0.29) is 6.61 Å². The molecule has 1 amide bonds. The van der Waals surface area contributed by atoms with Crippen LogP contribution >= 0.6 is 0 Å². The number of hydrogen-bond acceptors (Lipinski definition) is 4. The first-order chi connectivity index (χ1) is 9.11. The molecule has 5 heteroatoms. The fourth-order valence-electron chi connectivity index (χ4n) is 1.88. The maximum atomic E-state index is 11.2. The van der Waals surface area contributed by atoms with Gasteiger partial charge in [-0.1, -0.05) is 6.07 Å². The largest absolute Gasteiger partial charge is 0.462 e. The molecule has 0 spiro atoms. The van der Waals surface area contributed by atoms with Crippen molar-refractivity contribution in [1.82, 2.24) is 0 Å². The Bertz CT molecular complexity index is 590. The van der Waals surface area contributed by atoms with E-state index in [1.165, 1.54) is 0 Å². The van der Waals surface area contributed by atoms with Crippen molar-refractivity contribution >= 4 is 11.6 Å². The third-order valence-corrected chi connectivity index (χ3v) is 2.93. The lowest BCUT2D eigenvalue weighted by Crippen LogP contribution is -2.13. The highest BCUT2D eigenvalue weighted by Crippen LogP contribution is 2.19. The highest BCUT2D eigenvalue weighted by atomic mass is 16.4. The Kier molecular flexibility index (Phi) is 3.87. The Morgan fingerprint density at radius 1 is 1.32 bits per heavy atom. The Morgan fingerprint density at radius 2 is 2.05 bits per heavy atom. The van der Waals surface area contributed by atoms with Crippen molar-refractivity contribution in [3.8, 4) is 0 Å². The average molecular weight is 260 g/mol. The number of nitrogens with two attached hydrogens (primary N) is 1. The number of benzene rings is 1. The maximum absolute atomic E-state index is 11.2. The summed E-state index contributed by atoms with van der Waals surface area (Å²) < 4.78 is 5.37. The van der Waals surface area contributed by atoms with Gasteiger partial charge in [-0.25, -0.2) is 0 Å². The molecule has 1 aromatic carbocycles. The summed E-state index contributed by atoms with van der Waals surface area (Å²) in [4.78, 5) is 11.2. The number of anilines is 1. The normalized spacial score (nSPS) is 10.4. The second kappa shape index (κ2) is 5.58. The Hall–Kier alpha value is -2.27. The van der Waals surface area contributed by atoms with Crippen molar-refractivity contribution < 1.29 is 14.3 Å². The number of carbonyl (C=O) groups excluding carboxylic acids is 1. The summed E-state index contributed by atoms with van der Waals surface area (Å²) in [5.74, 6) is 0.800. The topological polar surface area (TPSA) is 88.5 Å². The first kappa shape index (κ1) is 13.2. The summed E-state index contributed by atoms with van der Waals surface area (Å²) in [7, 11) is 0. The predicted octanol–water partition coefficient (Wildman–Crippen LogP) is 1.79. The monoisotopic (exact) mass is 260 g/mol. The molecule has 0 bridgehead atoms. The van der Waals surface area contributed by atoms with E-state index in [0.717, 1.165) is 11.3 Å². The number of hydrogen-bond donors (Lipinski definition) is 3. The molecule has 0 atom stereocenters. The minimum Gasteiger partial charge on any atom is -0.462 e. The number of rotatable bonds is 5. The fourth-order valence-corrected chi connectivity index (χ4v) is 1.88. The van der Waals surface area contributed by atoms with Crippen LogP contribution in [-0.4, -0.2) is 11.0 Å². The SMILES string of the molecule is Cc1c(NCc2ccc(CO)o2)cccc1C(N)=O. The van der Waals surface area contributed by atoms with Gasteiger partial charge in [-0.3, -0.25) is 4.79 Å². The molecular weight excluding hydrogens is 244 g/mol. The average Bonchev–Trinajstić information content (AvgIpc) is 2.85. The van der Waals surface area contributed by atoms with E-state index >= 15 is 0 Å². The van der Waals surface area contributed by atoms with E-state index in [0.29, 0.717) is 23.6 Å². The Morgan fingerprint density at radius 3 is 2.68 bits per heavy atom. The molecule has 4 N–H and O–H groups in total. The second-order valence-corrected chi connectivity index (χ2v) is 4.22. The lowest BCUT2D eigenvalue weighted by Gasteiger charge is -2.10. The molecular formula is C14H16N2O3. The van der Waals surface area contributed by atoms with E-state index < -0.39 is 5.91 Å². The summed E-state index contributed by atoms with van der Waals surface area (Å²) >= 11 is 0. The lowest BCUT2D eigenvalue weighted by molar-refractivity contribution is 0.1000. The van der Waals surface area contributed by atoms with Gasteiger partial charge in [0.05, 0.1) is 6.54 Å². The van der Waals surface area contributed by atoms with E-state index in [1.807, 2.05) is 13.0 Å². The summed E-state index contributed by atoms with van der Waals surface area (Å²) in [5.41, 5.74) is 7.44. The summed E-state index contributed by atoms with van der Waals surface area (Å²) in [5, 5.41) is 12.1. The second-order valence-electron chi connectivity index (χ2n) is 4.22. The summed E-state index contributed by atoms with van der Waals surface area (Å²) in [6.07, 6.45) is 0. The van der Waals surface area contributed by atoms with Crippen LogP contribution in [0.3, 0.4) is 0 Å². The molecule has 1 heterocycles. The van der Waals surface area contributed by atoms with Gasteiger partial charge >= 0.3 is 0 Å². The van der Waals surface area contributed by atoms with Crippen LogP contribution in [0.5, 0.6) is 0 Å². The molecule has 0 unspecified atom stereocenters. The number of nitrogens with one attached hydrogen (secondary N) is 1. The molecule has 0 fully saturated rings. The summed E-state index contributed by atoms with van der Waals surface area (Å²) in [6, 6.07) is 8.86. The standard InChI is InChI=1S/C14H16N2O3/c1-9-12(14(15)18)3-2-4-13(9)16-7-10-5-6-11(8-17)19-10/h2-6,16-17H,7-8H2,1H3,(H2,15,18). The van der Waals surface area contributed by atoms with Crippen LogP contribution in [0.25, 0.3) is 0 Å². The van der Waals surface area contributed by atoms with Gasteiger partial charge in [-0.05, 0) is 36.8 Å². The molecule has 0 radical (unpaired) electrons. The van der Waals surface area contributed by atoms with Gasteiger partial charge in [-0.15, -0.1) is 0 Å². The van der Waals surface area contributed by atoms with Crippen molar-refractivity contribution in [1.29, 1.82) is 0 Å². The van der Waals surface area contributed by atoms with Crippen molar-refractivity contribution in [2.24, 2.45) is 5.73 Å². The number of amides is 1. The van der Waals surface area contributed by atoms with Gasteiger partial charge in [0.1, 0.15) is 18.1 Å². The third-order valence-electron chi connectivity index (χ3n) is 2.93. The highest BCUT2D eigenvalue weighted by molar-refractivity contribution is 5.95. The smallest absolute Gasteiger partial charge is 0.249 e. The summed E-state index contributed by atoms with van der Waals surface area (Å²) in [6.45, 7) is 2.20. The lowest BCUT2D eigenvalue weighted by atomic mass is 10.1. The van der Waals surface area contributed by atoms with Gasteiger partial charge in [-0.2, -0.15) is 0 Å². The van der Waals surface area contributed by atoms with Crippen molar-refractivity contribution in [2.45, 2.75) is 20.1 Å². The van der Waals surface area contributed by atoms with Gasteiger partial charge in [0.25, 0.3) is 0 Å². The van der Waals surface area contributed by atoms with Gasteiger partial charge in [0, 0.05) is 11.3 Å². The maximum Gasteiger partial charge on any atom is 0.249 e. The van der Waals surface area contributed by atoms with Crippen LogP contribution in [0.2, 0.25) is 0 Å². The quantitative estimate of drug-likeness (QED) is 0.764. The molecule has 0 saturated carbocycles.